The predicted molar refractivity (Wildman–Crippen MR) is 81.1 cm³/mol. The standard InChI is InChI=1S/C15H21N3O3/c16-15(17-10-12-3-1-6-19-12)18-11-4-5-13-14(9-11)21-8-2-7-20-13/h4-5,9,12H,1-3,6-8,10H2,(H3,16,17,18)/t12-/m1/s1. The molecule has 2 heterocycles. The molecule has 1 fully saturated rings. The van der Waals surface area contributed by atoms with Gasteiger partial charge in [0, 0.05) is 24.8 Å². The maximum Gasteiger partial charge on any atom is 0.193 e. The number of fused-ring (bicyclic) bond motifs is 1. The third kappa shape index (κ3) is 3.78. The van der Waals surface area contributed by atoms with E-state index in [-0.39, 0.29) is 6.10 Å². The third-order valence-electron chi connectivity index (χ3n) is 3.51. The lowest BCUT2D eigenvalue weighted by molar-refractivity contribution is 0.118. The van der Waals surface area contributed by atoms with E-state index in [2.05, 4.69) is 10.3 Å². The van der Waals surface area contributed by atoms with Crippen LogP contribution in [0.1, 0.15) is 19.3 Å². The highest BCUT2D eigenvalue weighted by molar-refractivity contribution is 5.92. The Labute approximate surface area is 124 Å². The molecule has 1 atom stereocenters. The third-order valence-corrected chi connectivity index (χ3v) is 3.51. The summed E-state index contributed by atoms with van der Waals surface area (Å²) in [5.41, 5.74) is 6.74. The van der Waals surface area contributed by atoms with Crippen LogP contribution in [0.25, 0.3) is 0 Å². The van der Waals surface area contributed by atoms with Crippen LogP contribution in [0.15, 0.2) is 23.2 Å². The maximum absolute atomic E-state index is 5.90. The Kier molecular flexibility index (Phi) is 4.45. The molecule has 3 rings (SSSR count). The topological polar surface area (TPSA) is 78.1 Å². The van der Waals surface area contributed by atoms with Crippen LogP contribution >= 0.6 is 0 Å². The van der Waals surface area contributed by atoms with Gasteiger partial charge in [-0.2, -0.15) is 0 Å². The number of nitrogens with two attached hydrogens (primary N) is 1. The molecule has 1 aromatic carbocycles. The van der Waals surface area contributed by atoms with Crippen LogP contribution in [-0.2, 0) is 4.74 Å². The van der Waals surface area contributed by atoms with Crippen molar-refractivity contribution in [2.24, 2.45) is 10.7 Å². The van der Waals surface area contributed by atoms with Crippen LogP contribution in [0.4, 0.5) is 5.69 Å². The van der Waals surface area contributed by atoms with Crippen LogP contribution in [-0.4, -0.2) is 38.4 Å². The van der Waals surface area contributed by atoms with E-state index in [9.17, 15) is 0 Å². The molecule has 3 N–H and O–H groups in total. The van der Waals surface area contributed by atoms with E-state index in [1.54, 1.807) is 0 Å². The smallest absolute Gasteiger partial charge is 0.193 e. The van der Waals surface area contributed by atoms with Gasteiger partial charge in [0.05, 0.1) is 25.9 Å². The summed E-state index contributed by atoms with van der Waals surface area (Å²) in [7, 11) is 0. The van der Waals surface area contributed by atoms with E-state index >= 15 is 0 Å². The normalized spacial score (nSPS) is 21.9. The van der Waals surface area contributed by atoms with Gasteiger partial charge in [0.25, 0.3) is 0 Å². The second-order valence-electron chi connectivity index (χ2n) is 5.20. The molecule has 2 aliphatic rings. The summed E-state index contributed by atoms with van der Waals surface area (Å²) in [5, 5.41) is 3.07. The zero-order valence-electron chi connectivity index (χ0n) is 12.0. The Hall–Kier alpha value is -1.95. The molecule has 1 saturated heterocycles. The molecular weight excluding hydrogens is 270 g/mol. The van der Waals surface area contributed by atoms with E-state index in [0.29, 0.717) is 25.7 Å². The minimum absolute atomic E-state index is 0.203. The van der Waals surface area contributed by atoms with Gasteiger partial charge in [-0.05, 0) is 25.0 Å². The molecule has 6 nitrogen and oxygen atoms in total. The van der Waals surface area contributed by atoms with Crippen molar-refractivity contribution in [1.29, 1.82) is 0 Å². The molecule has 0 bridgehead atoms. The molecule has 0 aromatic heterocycles. The number of rotatable bonds is 3. The number of hydrogen-bond donors (Lipinski definition) is 2. The number of nitrogens with one attached hydrogen (secondary N) is 1. The number of ether oxygens (including phenoxy) is 3. The number of guanidine groups is 1. The minimum atomic E-state index is 0.203. The molecular formula is C15H21N3O3. The molecule has 0 radical (unpaired) electrons. The Morgan fingerprint density at radius 2 is 2.05 bits per heavy atom. The van der Waals surface area contributed by atoms with E-state index in [1.165, 1.54) is 0 Å². The average molecular weight is 291 g/mol. The zero-order valence-corrected chi connectivity index (χ0v) is 12.0. The molecule has 2 aliphatic heterocycles. The Balaban J connectivity index is 1.61. The summed E-state index contributed by atoms with van der Waals surface area (Å²) < 4.78 is 16.8. The number of anilines is 1. The van der Waals surface area contributed by atoms with Crippen molar-refractivity contribution < 1.29 is 14.2 Å². The molecule has 114 valence electrons. The van der Waals surface area contributed by atoms with Crippen LogP contribution in [0.5, 0.6) is 11.5 Å². The lowest BCUT2D eigenvalue weighted by Crippen LogP contribution is -2.24. The lowest BCUT2D eigenvalue weighted by atomic mass is 10.2. The second kappa shape index (κ2) is 6.67. The fourth-order valence-electron chi connectivity index (χ4n) is 2.42. The van der Waals surface area contributed by atoms with Crippen LogP contribution in [0.3, 0.4) is 0 Å². The van der Waals surface area contributed by atoms with Crippen LogP contribution in [0.2, 0.25) is 0 Å². The molecule has 0 aliphatic carbocycles. The summed E-state index contributed by atoms with van der Waals surface area (Å²) in [6.07, 6.45) is 3.26. The SMILES string of the molecule is NC(=NC[C@H]1CCCO1)Nc1ccc2c(c1)OCCCO2. The monoisotopic (exact) mass is 291 g/mol. The molecule has 1 aromatic rings. The Bertz CT molecular complexity index is 513. The molecule has 0 spiro atoms. The van der Waals surface area contributed by atoms with Crippen molar-refractivity contribution in [3.63, 3.8) is 0 Å². The largest absolute Gasteiger partial charge is 0.490 e. The van der Waals surface area contributed by atoms with Crippen molar-refractivity contribution in [3.8, 4) is 11.5 Å². The summed E-state index contributed by atoms with van der Waals surface area (Å²) >= 11 is 0. The molecule has 0 amide bonds. The predicted octanol–water partition coefficient (Wildman–Crippen LogP) is 1.75. The Morgan fingerprint density at radius 1 is 1.19 bits per heavy atom. The van der Waals surface area contributed by atoms with Gasteiger partial charge in [-0.25, -0.2) is 0 Å². The highest BCUT2D eigenvalue weighted by atomic mass is 16.5. The fraction of sp³-hybridized carbons (Fsp3) is 0.533. The van der Waals surface area contributed by atoms with Gasteiger partial charge in [0.2, 0.25) is 0 Å². The summed E-state index contributed by atoms with van der Waals surface area (Å²) in [6.45, 7) is 2.78. The summed E-state index contributed by atoms with van der Waals surface area (Å²) in [5.74, 6) is 1.90. The Morgan fingerprint density at radius 3 is 2.86 bits per heavy atom. The average Bonchev–Trinajstić information content (AvgIpc) is 2.90. The summed E-state index contributed by atoms with van der Waals surface area (Å²) in [6, 6.07) is 5.67. The van der Waals surface area contributed by atoms with Gasteiger partial charge >= 0.3 is 0 Å². The zero-order chi connectivity index (χ0) is 14.5. The van der Waals surface area contributed by atoms with Gasteiger partial charge in [0.1, 0.15) is 0 Å². The highest BCUT2D eigenvalue weighted by Crippen LogP contribution is 2.32. The molecule has 0 saturated carbocycles. The van der Waals surface area contributed by atoms with E-state index in [1.807, 2.05) is 18.2 Å². The first-order valence-electron chi connectivity index (χ1n) is 7.39. The van der Waals surface area contributed by atoms with Gasteiger partial charge in [0.15, 0.2) is 17.5 Å². The number of hydrogen-bond acceptors (Lipinski definition) is 4. The first-order chi connectivity index (χ1) is 10.3. The first kappa shape index (κ1) is 14.0. The summed E-state index contributed by atoms with van der Waals surface area (Å²) in [4.78, 5) is 4.32. The van der Waals surface area contributed by atoms with Crippen molar-refractivity contribution >= 4 is 11.6 Å². The second-order valence-corrected chi connectivity index (χ2v) is 5.20. The molecule has 0 unspecified atom stereocenters. The van der Waals surface area contributed by atoms with E-state index < -0.39 is 0 Å². The van der Waals surface area contributed by atoms with Crippen molar-refractivity contribution in [1.82, 2.24) is 0 Å². The van der Waals surface area contributed by atoms with Crippen LogP contribution in [0, 0.1) is 0 Å². The quantitative estimate of drug-likeness (QED) is 0.655. The lowest BCUT2D eigenvalue weighted by Gasteiger charge is -2.11. The molecule has 6 heteroatoms. The van der Waals surface area contributed by atoms with E-state index in [0.717, 1.165) is 43.1 Å². The highest BCUT2D eigenvalue weighted by Gasteiger charge is 2.15. The minimum Gasteiger partial charge on any atom is -0.490 e. The van der Waals surface area contributed by atoms with Gasteiger partial charge in [-0.1, -0.05) is 0 Å². The number of aliphatic imine (C=N–C) groups is 1. The van der Waals surface area contributed by atoms with Crippen molar-refractivity contribution in [3.05, 3.63) is 18.2 Å². The fourth-order valence-corrected chi connectivity index (χ4v) is 2.42. The van der Waals surface area contributed by atoms with E-state index in [4.69, 9.17) is 19.9 Å². The van der Waals surface area contributed by atoms with Gasteiger partial charge in [-0.15, -0.1) is 0 Å². The van der Waals surface area contributed by atoms with Gasteiger partial charge in [-0.3, -0.25) is 4.99 Å². The van der Waals surface area contributed by atoms with Crippen molar-refractivity contribution in [2.75, 3.05) is 31.7 Å². The van der Waals surface area contributed by atoms with Crippen molar-refractivity contribution in [2.45, 2.75) is 25.4 Å². The maximum atomic E-state index is 5.90. The van der Waals surface area contributed by atoms with Crippen LogP contribution < -0.4 is 20.5 Å². The molecule has 21 heavy (non-hydrogen) atoms. The number of nitrogens with zero attached hydrogens (tertiary/aromatic N) is 1. The van der Waals surface area contributed by atoms with Gasteiger partial charge < -0.3 is 25.3 Å². The number of benzene rings is 1. The first-order valence-corrected chi connectivity index (χ1v) is 7.39.